The minimum Gasteiger partial charge on any atom is -0.481 e. The molecule has 0 radical (unpaired) electrons. The standard InChI is InChI=1S/C32H43N7O10/c1-3-14-33-30(44)25-11-8-15-38(25)26(40)21-48-27-20-24(35-39(27)22-9-6-5-7-10-22)29(43)34-23(12-13-28(41)42)31(45)36-16-18-37(19-17-36)49-32(46)47-4-2/h5-7,9-10,20,23,25H,3-4,8,11-19,21H2,1-2H3,(H,33,44)(H,34,43)(H,41,42)/t23-,25-/m0/s1. The van der Waals surface area contributed by atoms with Crippen molar-refractivity contribution < 1.29 is 48.2 Å². The van der Waals surface area contributed by atoms with Crippen LogP contribution in [-0.4, -0.2) is 130 Å². The lowest BCUT2D eigenvalue weighted by Crippen LogP contribution is -2.55. The number of piperazine rings is 1. The number of nitrogens with one attached hydrogen (secondary N) is 2. The molecule has 2 atom stereocenters. The van der Waals surface area contributed by atoms with Crippen molar-refractivity contribution in [2.75, 3.05) is 52.5 Å². The summed E-state index contributed by atoms with van der Waals surface area (Å²) in [6.07, 6.45) is 0.582. The van der Waals surface area contributed by atoms with E-state index in [1.165, 1.54) is 25.6 Å². The number of nitrogens with zero attached hydrogens (tertiary/aromatic N) is 5. The zero-order valence-electron chi connectivity index (χ0n) is 27.7. The van der Waals surface area contributed by atoms with Crippen LogP contribution in [0.2, 0.25) is 0 Å². The number of hydrogen-bond acceptors (Lipinski definition) is 11. The molecule has 0 saturated carbocycles. The van der Waals surface area contributed by atoms with Gasteiger partial charge in [0.1, 0.15) is 12.1 Å². The Morgan fingerprint density at radius 3 is 2.43 bits per heavy atom. The van der Waals surface area contributed by atoms with Crippen LogP contribution in [0, 0.1) is 0 Å². The summed E-state index contributed by atoms with van der Waals surface area (Å²) in [5.41, 5.74) is 0.397. The third-order valence-electron chi connectivity index (χ3n) is 7.95. The molecule has 266 valence electrons. The van der Waals surface area contributed by atoms with Crippen molar-refractivity contribution in [3.63, 3.8) is 0 Å². The number of rotatable bonds is 15. The molecule has 3 N–H and O–H groups in total. The van der Waals surface area contributed by atoms with Crippen LogP contribution >= 0.6 is 0 Å². The fourth-order valence-corrected chi connectivity index (χ4v) is 5.48. The number of carboxylic acid groups (broad SMARTS) is 1. The first-order chi connectivity index (χ1) is 23.6. The summed E-state index contributed by atoms with van der Waals surface area (Å²) in [7, 11) is 0. The molecule has 0 bridgehead atoms. The Balaban J connectivity index is 1.46. The average molecular weight is 686 g/mol. The molecule has 0 unspecified atom stereocenters. The molecule has 2 aromatic rings. The predicted molar refractivity (Wildman–Crippen MR) is 171 cm³/mol. The van der Waals surface area contributed by atoms with Crippen molar-refractivity contribution in [1.29, 1.82) is 0 Å². The summed E-state index contributed by atoms with van der Waals surface area (Å²) < 4.78 is 12.0. The van der Waals surface area contributed by atoms with Crippen LogP contribution in [0.5, 0.6) is 5.88 Å². The van der Waals surface area contributed by atoms with E-state index in [1.54, 1.807) is 37.3 Å². The third-order valence-corrected chi connectivity index (χ3v) is 7.95. The quantitative estimate of drug-likeness (QED) is 0.225. The number of ether oxygens (including phenoxy) is 2. The van der Waals surface area contributed by atoms with Crippen LogP contribution in [0.1, 0.15) is 56.4 Å². The number of carbonyl (C=O) groups excluding carboxylic acids is 5. The highest BCUT2D eigenvalue weighted by molar-refractivity contribution is 5.96. The number of para-hydroxylation sites is 1. The first-order valence-electron chi connectivity index (χ1n) is 16.4. The Kier molecular flexibility index (Phi) is 13.3. The van der Waals surface area contributed by atoms with Gasteiger partial charge in [0.2, 0.25) is 17.7 Å². The van der Waals surface area contributed by atoms with Crippen molar-refractivity contribution in [2.24, 2.45) is 0 Å². The summed E-state index contributed by atoms with van der Waals surface area (Å²) >= 11 is 0. The van der Waals surface area contributed by atoms with Crippen LogP contribution < -0.4 is 15.4 Å². The summed E-state index contributed by atoms with van der Waals surface area (Å²) in [5, 5.41) is 20.5. The summed E-state index contributed by atoms with van der Waals surface area (Å²) in [5.74, 6) is -2.93. The van der Waals surface area contributed by atoms with Gasteiger partial charge in [0, 0.05) is 38.7 Å². The van der Waals surface area contributed by atoms with E-state index in [2.05, 4.69) is 15.7 Å². The normalized spacial score (nSPS) is 16.8. The van der Waals surface area contributed by atoms with Gasteiger partial charge in [-0.2, -0.15) is 5.10 Å². The van der Waals surface area contributed by atoms with E-state index in [9.17, 15) is 33.9 Å². The molecule has 49 heavy (non-hydrogen) atoms. The number of carboxylic acids is 1. The smallest absolute Gasteiger partial charge is 0.481 e. The minimum atomic E-state index is -1.19. The average Bonchev–Trinajstić information content (AvgIpc) is 3.77. The van der Waals surface area contributed by atoms with Gasteiger partial charge in [0.15, 0.2) is 12.3 Å². The van der Waals surface area contributed by atoms with Gasteiger partial charge in [-0.1, -0.05) is 25.1 Å². The molecule has 2 aliphatic rings. The molecule has 17 nitrogen and oxygen atoms in total. The molecule has 0 aliphatic carbocycles. The van der Waals surface area contributed by atoms with Crippen molar-refractivity contribution in [3.05, 3.63) is 42.1 Å². The summed E-state index contributed by atoms with van der Waals surface area (Å²) in [4.78, 5) is 83.9. The Morgan fingerprint density at radius 1 is 1.02 bits per heavy atom. The molecule has 1 aromatic carbocycles. The Bertz CT molecular complexity index is 1480. The molecule has 0 spiro atoms. The van der Waals surface area contributed by atoms with E-state index in [4.69, 9.17) is 14.3 Å². The van der Waals surface area contributed by atoms with Crippen molar-refractivity contribution in [3.8, 4) is 11.6 Å². The molecule has 1 aromatic heterocycles. The Hall–Kier alpha value is -5.19. The first kappa shape index (κ1) is 36.6. The van der Waals surface area contributed by atoms with E-state index >= 15 is 0 Å². The molecule has 2 fully saturated rings. The molecule has 3 heterocycles. The van der Waals surface area contributed by atoms with Crippen LogP contribution in [0.3, 0.4) is 0 Å². The second kappa shape index (κ2) is 17.8. The van der Waals surface area contributed by atoms with Gasteiger partial charge in [-0.05, 0) is 44.7 Å². The predicted octanol–water partition coefficient (Wildman–Crippen LogP) is 0.964. The third kappa shape index (κ3) is 10.2. The monoisotopic (exact) mass is 685 g/mol. The van der Waals surface area contributed by atoms with E-state index in [-0.39, 0.29) is 63.1 Å². The van der Waals surface area contributed by atoms with E-state index in [0.29, 0.717) is 31.6 Å². The Labute approximate surface area is 283 Å². The Morgan fingerprint density at radius 2 is 1.76 bits per heavy atom. The fourth-order valence-electron chi connectivity index (χ4n) is 5.48. The molecular weight excluding hydrogens is 642 g/mol. The number of carbonyl (C=O) groups is 6. The van der Waals surface area contributed by atoms with Crippen LogP contribution in [0.15, 0.2) is 36.4 Å². The van der Waals surface area contributed by atoms with Gasteiger partial charge in [-0.15, -0.1) is 5.06 Å². The van der Waals surface area contributed by atoms with Crippen LogP contribution in [-0.2, 0) is 28.8 Å². The molecule has 2 saturated heterocycles. The van der Waals surface area contributed by atoms with E-state index in [1.807, 2.05) is 6.92 Å². The highest BCUT2D eigenvalue weighted by atomic mass is 16.8. The molecular formula is C32H43N7O10. The van der Waals surface area contributed by atoms with Gasteiger partial charge in [-0.25, -0.2) is 9.48 Å². The van der Waals surface area contributed by atoms with Crippen molar-refractivity contribution >= 4 is 35.8 Å². The fraction of sp³-hybridized carbons (Fsp3) is 0.531. The van der Waals surface area contributed by atoms with E-state index < -0.39 is 48.5 Å². The number of hydrogen-bond donors (Lipinski definition) is 3. The van der Waals surface area contributed by atoms with Gasteiger partial charge in [0.25, 0.3) is 11.8 Å². The molecule has 2 aliphatic heterocycles. The number of aromatic nitrogens is 2. The van der Waals surface area contributed by atoms with Gasteiger partial charge >= 0.3 is 12.1 Å². The van der Waals surface area contributed by atoms with Crippen LogP contribution in [0.25, 0.3) is 5.69 Å². The van der Waals surface area contributed by atoms with Crippen molar-refractivity contribution in [1.82, 2.24) is 35.3 Å². The molecule has 4 amide bonds. The summed E-state index contributed by atoms with van der Waals surface area (Å²) in [6.45, 7) is 4.94. The van der Waals surface area contributed by atoms with Crippen molar-refractivity contribution in [2.45, 2.75) is 58.0 Å². The molecule has 4 rings (SSSR count). The maximum atomic E-state index is 13.5. The lowest BCUT2D eigenvalue weighted by Gasteiger charge is -2.35. The largest absolute Gasteiger partial charge is 0.527 e. The zero-order valence-corrected chi connectivity index (χ0v) is 27.7. The summed E-state index contributed by atoms with van der Waals surface area (Å²) in [6, 6.07) is 8.31. The van der Waals surface area contributed by atoms with Gasteiger partial charge in [0.05, 0.1) is 25.4 Å². The van der Waals surface area contributed by atoms with Gasteiger partial charge < -0.3 is 39.9 Å². The topological polar surface area (TPSA) is 202 Å². The molecule has 17 heteroatoms. The second-order valence-electron chi connectivity index (χ2n) is 11.4. The SMILES string of the molecule is CCCNC(=O)[C@@H]1CCCN1C(=O)COc1cc(C(=O)N[C@@H](CCC(=O)O)C(=O)N2CCN(OC(=O)OCC)CC2)nn1-c1ccccc1. The first-order valence-corrected chi connectivity index (χ1v) is 16.4. The van der Waals surface area contributed by atoms with Crippen LogP contribution in [0.4, 0.5) is 4.79 Å². The maximum absolute atomic E-state index is 13.5. The number of benzene rings is 1. The highest BCUT2D eigenvalue weighted by Crippen LogP contribution is 2.22. The van der Waals surface area contributed by atoms with Gasteiger partial charge in [-0.3, -0.25) is 24.0 Å². The maximum Gasteiger partial charge on any atom is 0.527 e. The number of aliphatic carboxylic acids is 1. The highest BCUT2D eigenvalue weighted by Gasteiger charge is 2.35. The number of likely N-dealkylation sites (tertiary alicyclic amines) is 1. The zero-order chi connectivity index (χ0) is 35.3. The minimum absolute atomic E-state index is 0.0713. The lowest BCUT2D eigenvalue weighted by atomic mass is 10.1. The van der Waals surface area contributed by atoms with E-state index in [0.717, 1.165) is 6.42 Å². The lowest BCUT2D eigenvalue weighted by molar-refractivity contribution is -0.157. The second-order valence-corrected chi connectivity index (χ2v) is 11.4. The number of hydroxylamine groups is 2. The number of amides is 4.